The lowest BCUT2D eigenvalue weighted by Crippen LogP contribution is -1.80. The number of allylic oxidation sites excluding steroid dienone is 6. The van der Waals surface area contributed by atoms with Gasteiger partial charge in [-0.15, -0.1) is 10.2 Å². The molecule has 3 aromatic rings. The summed E-state index contributed by atoms with van der Waals surface area (Å²) >= 11 is 0. The van der Waals surface area contributed by atoms with E-state index in [9.17, 15) is 0 Å². The fraction of sp³-hybridized carbons (Fsp3) is 0.167. The highest BCUT2D eigenvalue weighted by molar-refractivity contribution is 5.70. The monoisotopic (exact) mass is 358 g/mol. The molecule has 0 aliphatic carbocycles. The van der Waals surface area contributed by atoms with Gasteiger partial charge in [-0.3, -0.25) is 0 Å². The van der Waals surface area contributed by atoms with E-state index in [1.807, 2.05) is 88.4 Å². The fourth-order valence-electron chi connectivity index (χ4n) is 2.45. The normalized spacial score (nSPS) is 11.6. The van der Waals surface area contributed by atoms with Crippen LogP contribution >= 0.6 is 0 Å². The van der Waals surface area contributed by atoms with Crippen molar-refractivity contribution < 1.29 is 4.42 Å². The lowest BCUT2D eigenvalue weighted by Gasteiger charge is -2.02. The average Bonchev–Trinajstić information content (AvgIpc) is 3.23. The topological polar surface area (TPSA) is 38.9 Å². The van der Waals surface area contributed by atoms with Crippen LogP contribution in [0.25, 0.3) is 28.2 Å². The first-order valence-corrected chi connectivity index (χ1v) is 9.27. The van der Waals surface area contributed by atoms with Crippen LogP contribution in [0.2, 0.25) is 0 Å². The zero-order valence-corrected chi connectivity index (χ0v) is 16.4. The second kappa shape index (κ2) is 10.7. The summed E-state index contributed by atoms with van der Waals surface area (Å²) in [5.41, 5.74) is 4.15. The van der Waals surface area contributed by atoms with Crippen molar-refractivity contribution in [3.05, 3.63) is 90.9 Å². The standard InChI is InChI=1S/C22H20N2O.C2H6/c1-3-5-7-10-17(4-2)21-23-24-22(25-21)20-15-13-19(14-16-20)18-11-8-6-9-12-18;1-2/h3-16H,1-2H3;1-2H3/b5-3+,10-7-,17-4+;. The van der Waals surface area contributed by atoms with E-state index in [1.54, 1.807) is 0 Å². The summed E-state index contributed by atoms with van der Waals surface area (Å²) in [6.07, 6.45) is 9.79. The predicted molar refractivity (Wildman–Crippen MR) is 114 cm³/mol. The smallest absolute Gasteiger partial charge is 0.248 e. The molecule has 0 fully saturated rings. The Morgan fingerprint density at radius 3 is 2.04 bits per heavy atom. The Morgan fingerprint density at radius 1 is 0.778 bits per heavy atom. The second-order valence-corrected chi connectivity index (χ2v) is 5.48. The molecule has 0 atom stereocenters. The van der Waals surface area contributed by atoms with E-state index in [0.29, 0.717) is 11.8 Å². The van der Waals surface area contributed by atoms with Gasteiger partial charge in [0.2, 0.25) is 11.8 Å². The number of benzene rings is 2. The quantitative estimate of drug-likeness (QED) is 0.462. The lowest BCUT2D eigenvalue weighted by atomic mass is 10.0. The van der Waals surface area contributed by atoms with Crippen molar-refractivity contribution in [3.63, 3.8) is 0 Å². The van der Waals surface area contributed by atoms with Crippen molar-refractivity contribution in [3.8, 4) is 22.6 Å². The van der Waals surface area contributed by atoms with Crippen molar-refractivity contribution in [2.45, 2.75) is 27.7 Å². The van der Waals surface area contributed by atoms with Crippen molar-refractivity contribution >= 4 is 5.57 Å². The SMILES string of the molecule is C/C=C/C=C\C(=C/C)c1nnc(-c2ccc(-c3ccccc3)cc2)o1.CC. The second-order valence-electron chi connectivity index (χ2n) is 5.48. The average molecular weight is 358 g/mol. The van der Waals surface area contributed by atoms with Crippen LogP contribution in [0, 0.1) is 0 Å². The van der Waals surface area contributed by atoms with Crippen LogP contribution in [0.1, 0.15) is 33.6 Å². The zero-order valence-electron chi connectivity index (χ0n) is 16.4. The summed E-state index contributed by atoms with van der Waals surface area (Å²) in [7, 11) is 0. The molecule has 0 saturated carbocycles. The highest BCUT2D eigenvalue weighted by Crippen LogP contribution is 2.25. The summed E-state index contributed by atoms with van der Waals surface area (Å²) in [4.78, 5) is 0. The molecule has 3 nitrogen and oxygen atoms in total. The maximum absolute atomic E-state index is 5.83. The summed E-state index contributed by atoms with van der Waals surface area (Å²) in [5, 5.41) is 8.34. The molecule has 0 saturated heterocycles. The van der Waals surface area contributed by atoms with Crippen molar-refractivity contribution in [2.24, 2.45) is 0 Å². The van der Waals surface area contributed by atoms with Gasteiger partial charge in [-0.2, -0.15) is 0 Å². The van der Waals surface area contributed by atoms with E-state index in [0.717, 1.165) is 16.7 Å². The van der Waals surface area contributed by atoms with Gasteiger partial charge in [-0.25, -0.2) is 0 Å². The molecule has 2 aromatic carbocycles. The lowest BCUT2D eigenvalue weighted by molar-refractivity contribution is 0.554. The van der Waals surface area contributed by atoms with Crippen molar-refractivity contribution in [1.82, 2.24) is 10.2 Å². The molecule has 0 bridgehead atoms. The number of hydrogen-bond acceptors (Lipinski definition) is 3. The maximum atomic E-state index is 5.83. The Morgan fingerprint density at radius 2 is 1.41 bits per heavy atom. The molecular formula is C24H26N2O. The van der Waals surface area contributed by atoms with Crippen LogP contribution < -0.4 is 0 Å². The summed E-state index contributed by atoms with van der Waals surface area (Å²) in [6.45, 7) is 7.93. The minimum atomic E-state index is 0.519. The molecule has 0 aliphatic heterocycles. The van der Waals surface area contributed by atoms with Gasteiger partial charge < -0.3 is 4.42 Å². The van der Waals surface area contributed by atoms with Crippen LogP contribution in [0.4, 0.5) is 0 Å². The molecule has 0 unspecified atom stereocenters. The zero-order chi connectivity index (χ0) is 19.5. The van der Waals surface area contributed by atoms with Crippen LogP contribution in [0.5, 0.6) is 0 Å². The van der Waals surface area contributed by atoms with Gasteiger partial charge in [-0.1, -0.05) is 80.6 Å². The van der Waals surface area contributed by atoms with Gasteiger partial charge >= 0.3 is 0 Å². The molecule has 27 heavy (non-hydrogen) atoms. The minimum Gasteiger partial charge on any atom is -0.416 e. The van der Waals surface area contributed by atoms with Crippen molar-refractivity contribution in [2.75, 3.05) is 0 Å². The Labute approximate surface area is 161 Å². The number of nitrogens with zero attached hydrogens (tertiary/aromatic N) is 2. The first-order chi connectivity index (χ1) is 13.3. The Balaban J connectivity index is 0.00000126. The van der Waals surface area contributed by atoms with Gasteiger partial charge in [0.05, 0.1) is 0 Å². The largest absolute Gasteiger partial charge is 0.416 e. The van der Waals surface area contributed by atoms with Gasteiger partial charge in [0, 0.05) is 11.1 Å². The number of aromatic nitrogens is 2. The van der Waals surface area contributed by atoms with Crippen LogP contribution in [-0.2, 0) is 0 Å². The van der Waals surface area contributed by atoms with Gasteiger partial charge in [0.15, 0.2) is 0 Å². The van der Waals surface area contributed by atoms with Crippen LogP contribution in [0.3, 0.4) is 0 Å². The molecule has 1 aromatic heterocycles. The molecular weight excluding hydrogens is 332 g/mol. The van der Waals surface area contributed by atoms with E-state index in [-0.39, 0.29) is 0 Å². The molecule has 138 valence electrons. The Hall–Kier alpha value is -3.20. The van der Waals surface area contributed by atoms with Gasteiger partial charge in [-0.05, 0) is 43.2 Å². The highest BCUT2D eigenvalue weighted by Gasteiger charge is 2.10. The fourth-order valence-corrected chi connectivity index (χ4v) is 2.45. The first kappa shape index (κ1) is 20.1. The summed E-state index contributed by atoms with van der Waals surface area (Å²) < 4.78 is 5.83. The molecule has 0 spiro atoms. The third-order valence-electron chi connectivity index (χ3n) is 3.80. The van der Waals surface area contributed by atoms with Gasteiger partial charge in [0.1, 0.15) is 0 Å². The molecule has 0 radical (unpaired) electrons. The van der Waals surface area contributed by atoms with Crippen molar-refractivity contribution in [1.29, 1.82) is 0 Å². The van der Waals surface area contributed by atoms with E-state index >= 15 is 0 Å². The molecule has 0 N–H and O–H groups in total. The Bertz CT molecular complexity index is 901. The Kier molecular flexibility index (Phi) is 7.98. The van der Waals surface area contributed by atoms with Crippen LogP contribution in [0.15, 0.2) is 89.4 Å². The third-order valence-corrected chi connectivity index (χ3v) is 3.80. The first-order valence-electron chi connectivity index (χ1n) is 9.27. The van der Waals surface area contributed by atoms with E-state index in [1.165, 1.54) is 5.56 Å². The maximum Gasteiger partial charge on any atom is 0.248 e. The minimum absolute atomic E-state index is 0.519. The molecule has 3 heteroatoms. The van der Waals surface area contributed by atoms with E-state index in [2.05, 4.69) is 34.5 Å². The third kappa shape index (κ3) is 5.38. The van der Waals surface area contributed by atoms with Crippen LogP contribution in [-0.4, -0.2) is 10.2 Å². The molecule has 3 rings (SSSR count). The summed E-state index contributed by atoms with van der Waals surface area (Å²) in [6, 6.07) is 18.4. The van der Waals surface area contributed by atoms with Gasteiger partial charge in [0.25, 0.3) is 0 Å². The highest BCUT2D eigenvalue weighted by atomic mass is 16.4. The molecule has 0 aliphatic rings. The van der Waals surface area contributed by atoms with E-state index < -0.39 is 0 Å². The number of rotatable bonds is 5. The molecule has 1 heterocycles. The molecule has 0 amide bonds. The summed E-state index contributed by atoms with van der Waals surface area (Å²) in [5.74, 6) is 1.04. The number of hydrogen-bond donors (Lipinski definition) is 0. The van der Waals surface area contributed by atoms with E-state index in [4.69, 9.17) is 4.42 Å². The predicted octanol–water partition coefficient (Wildman–Crippen LogP) is 6.97.